The van der Waals surface area contributed by atoms with Crippen molar-refractivity contribution in [3.63, 3.8) is 0 Å². The molecule has 1 aromatic rings. The van der Waals surface area contributed by atoms with E-state index in [0.29, 0.717) is 0 Å². The zero-order valence-corrected chi connectivity index (χ0v) is 14.1. The SMILES string of the molecule is C#CCCCC[N+]1=C(C)C(C)(C)c2cc(S(=O)(=O)O)ccc21. The summed E-state index contributed by atoms with van der Waals surface area (Å²) in [5, 5.41) is 0. The van der Waals surface area contributed by atoms with Gasteiger partial charge in [0.15, 0.2) is 5.71 Å². The molecule has 0 amide bonds. The van der Waals surface area contributed by atoms with Crippen LogP contribution in [0.25, 0.3) is 0 Å². The summed E-state index contributed by atoms with van der Waals surface area (Å²) in [5.74, 6) is 2.64. The highest BCUT2D eigenvalue weighted by atomic mass is 32.2. The third-order valence-corrected chi connectivity index (χ3v) is 5.34. The lowest BCUT2D eigenvalue weighted by molar-refractivity contribution is -0.439. The Labute approximate surface area is 132 Å². The van der Waals surface area contributed by atoms with Gasteiger partial charge < -0.3 is 0 Å². The second-order valence-corrected chi connectivity index (χ2v) is 7.60. The Balaban J connectivity index is 2.40. The van der Waals surface area contributed by atoms with Gasteiger partial charge in [-0.05, 0) is 32.4 Å². The first-order valence-electron chi connectivity index (χ1n) is 7.36. The molecule has 0 radical (unpaired) electrons. The van der Waals surface area contributed by atoms with E-state index in [2.05, 4.69) is 31.3 Å². The lowest BCUT2D eigenvalue weighted by Gasteiger charge is -2.15. The lowest BCUT2D eigenvalue weighted by Crippen LogP contribution is -2.26. The van der Waals surface area contributed by atoms with Crippen LogP contribution in [0.4, 0.5) is 5.69 Å². The first kappa shape index (κ1) is 16.7. The predicted octanol–water partition coefficient (Wildman–Crippen LogP) is 3.13. The van der Waals surface area contributed by atoms with Crippen LogP contribution in [0.5, 0.6) is 0 Å². The van der Waals surface area contributed by atoms with E-state index in [1.165, 1.54) is 11.8 Å². The van der Waals surface area contributed by atoms with Gasteiger partial charge in [0.05, 0.1) is 10.3 Å². The molecule has 1 aliphatic rings. The molecule has 4 nitrogen and oxygen atoms in total. The fourth-order valence-electron chi connectivity index (χ4n) is 2.91. The molecular weight excluding hydrogens is 298 g/mol. The van der Waals surface area contributed by atoms with Crippen LogP contribution < -0.4 is 0 Å². The number of nitrogens with zero attached hydrogens (tertiary/aromatic N) is 1. The van der Waals surface area contributed by atoms with Crippen molar-refractivity contribution in [2.45, 2.75) is 50.3 Å². The van der Waals surface area contributed by atoms with E-state index < -0.39 is 10.1 Å². The fraction of sp³-hybridized carbons (Fsp3) is 0.471. The summed E-state index contributed by atoms with van der Waals surface area (Å²) in [5.41, 5.74) is 2.85. The fourth-order valence-corrected chi connectivity index (χ4v) is 3.42. The lowest BCUT2D eigenvalue weighted by atomic mass is 9.82. The number of rotatable bonds is 5. The van der Waals surface area contributed by atoms with E-state index in [4.69, 9.17) is 6.42 Å². The van der Waals surface area contributed by atoms with Crippen molar-refractivity contribution in [3.8, 4) is 12.3 Å². The van der Waals surface area contributed by atoms with Gasteiger partial charge in [0.25, 0.3) is 10.1 Å². The van der Waals surface area contributed by atoms with Crippen LogP contribution >= 0.6 is 0 Å². The van der Waals surface area contributed by atoms with E-state index in [0.717, 1.165) is 37.1 Å². The molecule has 0 atom stereocenters. The molecule has 0 spiro atoms. The van der Waals surface area contributed by atoms with Gasteiger partial charge in [-0.3, -0.25) is 4.55 Å². The maximum atomic E-state index is 11.4. The van der Waals surface area contributed by atoms with Crippen molar-refractivity contribution in [3.05, 3.63) is 23.8 Å². The number of hydrogen-bond acceptors (Lipinski definition) is 2. The second kappa shape index (κ2) is 5.86. The number of fused-ring (bicyclic) bond motifs is 1. The monoisotopic (exact) mass is 320 g/mol. The number of benzene rings is 1. The smallest absolute Gasteiger partial charge is 0.282 e. The first-order chi connectivity index (χ1) is 10.2. The van der Waals surface area contributed by atoms with E-state index in [1.807, 2.05) is 0 Å². The zero-order valence-electron chi connectivity index (χ0n) is 13.3. The highest BCUT2D eigenvalue weighted by Gasteiger charge is 2.43. The third-order valence-electron chi connectivity index (χ3n) is 4.49. The summed E-state index contributed by atoms with van der Waals surface area (Å²) in [7, 11) is -4.18. The number of hydrogen-bond donors (Lipinski definition) is 1. The summed E-state index contributed by atoms with van der Waals surface area (Å²) in [6, 6.07) is 4.81. The first-order valence-corrected chi connectivity index (χ1v) is 8.80. The summed E-state index contributed by atoms with van der Waals surface area (Å²) in [4.78, 5) is -0.0543. The molecule has 2 rings (SSSR count). The van der Waals surface area contributed by atoms with Gasteiger partial charge in [-0.25, -0.2) is 0 Å². The summed E-state index contributed by atoms with van der Waals surface area (Å²) >= 11 is 0. The van der Waals surface area contributed by atoms with Crippen molar-refractivity contribution in [2.75, 3.05) is 6.54 Å². The molecule has 0 unspecified atom stereocenters. The van der Waals surface area contributed by atoms with Gasteiger partial charge in [-0.2, -0.15) is 13.0 Å². The third kappa shape index (κ3) is 2.94. The van der Waals surface area contributed by atoms with Crippen molar-refractivity contribution in [1.82, 2.24) is 0 Å². The standard InChI is InChI=1S/C17H21NO3S/c1-5-6-7-8-11-18-13(2)17(3,4)15-12-14(22(19,20)21)9-10-16(15)18/h1,9-10,12H,6-8,11H2,2-4H3/p+1. The number of unbranched alkanes of at least 4 members (excludes halogenated alkanes) is 2. The Morgan fingerprint density at radius 2 is 2.00 bits per heavy atom. The van der Waals surface area contributed by atoms with E-state index in [1.54, 1.807) is 12.1 Å². The number of terminal acetylenes is 1. The van der Waals surface area contributed by atoms with Gasteiger partial charge in [0.2, 0.25) is 5.69 Å². The van der Waals surface area contributed by atoms with Crippen LogP contribution in [0.1, 0.15) is 45.6 Å². The van der Waals surface area contributed by atoms with Crippen molar-refractivity contribution >= 4 is 21.5 Å². The Hall–Kier alpha value is -1.64. The summed E-state index contributed by atoms with van der Waals surface area (Å²) in [6.45, 7) is 7.05. The maximum Gasteiger partial charge on any atom is 0.294 e. The van der Waals surface area contributed by atoms with Gasteiger partial charge in [-0.15, -0.1) is 12.3 Å². The van der Waals surface area contributed by atoms with Gasteiger partial charge >= 0.3 is 0 Å². The molecule has 1 aliphatic heterocycles. The highest BCUT2D eigenvalue weighted by Crippen LogP contribution is 2.40. The molecule has 0 aromatic heterocycles. The Kier molecular flexibility index (Phi) is 4.46. The Bertz CT molecular complexity index is 768. The maximum absolute atomic E-state index is 11.4. The molecular formula is C17H22NO3S+. The molecule has 0 aliphatic carbocycles. The Morgan fingerprint density at radius 1 is 1.32 bits per heavy atom. The average molecular weight is 320 g/mol. The van der Waals surface area contributed by atoms with E-state index >= 15 is 0 Å². The van der Waals surface area contributed by atoms with Crippen LogP contribution in [0.2, 0.25) is 0 Å². The molecule has 0 bridgehead atoms. The van der Waals surface area contributed by atoms with Gasteiger partial charge in [-0.1, -0.05) is 0 Å². The molecule has 1 N–H and O–H groups in total. The van der Waals surface area contributed by atoms with Crippen LogP contribution in [0, 0.1) is 12.3 Å². The molecule has 1 aromatic carbocycles. The van der Waals surface area contributed by atoms with Crippen molar-refractivity contribution in [1.29, 1.82) is 0 Å². The minimum Gasteiger partial charge on any atom is -0.282 e. The Morgan fingerprint density at radius 3 is 2.59 bits per heavy atom. The minimum atomic E-state index is -4.18. The second-order valence-electron chi connectivity index (χ2n) is 6.18. The minimum absolute atomic E-state index is 0.0543. The zero-order chi connectivity index (χ0) is 16.5. The average Bonchev–Trinajstić information content (AvgIpc) is 2.63. The van der Waals surface area contributed by atoms with Crippen molar-refractivity contribution < 1.29 is 17.5 Å². The van der Waals surface area contributed by atoms with Gasteiger partial charge in [0.1, 0.15) is 6.54 Å². The molecule has 0 saturated carbocycles. The summed E-state index contributed by atoms with van der Waals surface area (Å²) < 4.78 is 34.2. The highest BCUT2D eigenvalue weighted by molar-refractivity contribution is 7.85. The summed E-state index contributed by atoms with van der Waals surface area (Å²) in [6.07, 6.45) is 8.00. The van der Waals surface area contributed by atoms with Gasteiger partial charge in [0, 0.05) is 31.4 Å². The molecule has 22 heavy (non-hydrogen) atoms. The quantitative estimate of drug-likeness (QED) is 0.392. The van der Waals surface area contributed by atoms with Crippen LogP contribution in [-0.2, 0) is 15.5 Å². The molecule has 0 fully saturated rings. The molecule has 0 saturated heterocycles. The van der Waals surface area contributed by atoms with Crippen molar-refractivity contribution in [2.24, 2.45) is 0 Å². The van der Waals surface area contributed by atoms with E-state index in [9.17, 15) is 13.0 Å². The molecule has 118 valence electrons. The largest absolute Gasteiger partial charge is 0.294 e. The van der Waals surface area contributed by atoms with Crippen LogP contribution in [0.15, 0.2) is 23.1 Å². The topological polar surface area (TPSA) is 57.4 Å². The normalized spacial score (nSPS) is 16.5. The van der Waals surface area contributed by atoms with Crippen LogP contribution in [0.3, 0.4) is 0 Å². The molecule has 5 heteroatoms. The van der Waals surface area contributed by atoms with Crippen LogP contribution in [-0.4, -0.2) is 29.8 Å². The van der Waals surface area contributed by atoms with E-state index in [-0.39, 0.29) is 10.3 Å². The molecule has 1 heterocycles. The predicted molar refractivity (Wildman–Crippen MR) is 87.4 cm³/mol.